The van der Waals surface area contributed by atoms with Crippen LogP contribution in [0.2, 0.25) is 0 Å². The Kier molecular flexibility index (Phi) is 6.22. The van der Waals surface area contributed by atoms with Crippen LogP contribution in [0.25, 0.3) is 0 Å². The van der Waals surface area contributed by atoms with Crippen molar-refractivity contribution in [3.05, 3.63) is 58.9 Å². The smallest absolute Gasteiger partial charge is 0.284 e. The van der Waals surface area contributed by atoms with Gasteiger partial charge in [0.05, 0.1) is 31.8 Å². The van der Waals surface area contributed by atoms with Crippen LogP contribution in [0, 0.1) is 6.92 Å². The molecule has 0 unspecified atom stereocenters. The van der Waals surface area contributed by atoms with E-state index in [9.17, 15) is 13.2 Å². The van der Waals surface area contributed by atoms with Gasteiger partial charge in [-0.3, -0.25) is 9.78 Å². The summed E-state index contributed by atoms with van der Waals surface area (Å²) < 4.78 is 29.9. The maximum Gasteiger partial charge on any atom is 0.284 e. The van der Waals surface area contributed by atoms with Gasteiger partial charge in [0.15, 0.2) is 5.13 Å². The number of anilines is 3. The zero-order valence-electron chi connectivity index (χ0n) is 16.6. The van der Waals surface area contributed by atoms with Crippen LogP contribution in [0.3, 0.4) is 0 Å². The number of pyridine rings is 1. The van der Waals surface area contributed by atoms with Gasteiger partial charge in [-0.1, -0.05) is 0 Å². The number of carbonyl (C=O) groups is 1. The highest BCUT2D eigenvalue weighted by molar-refractivity contribution is 7.89. The Balaban J connectivity index is 1.98. The van der Waals surface area contributed by atoms with Crippen molar-refractivity contribution < 1.29 is 17.9 Å². The Morgan fingerprint density at radius 1 is 1.23 bits per heavy atom. The lowest BCUT2D eigenvalue weighted by atomic mass is 10.2. The third kappa shape index (κ3) is 5.24. The SMILES string of the molecule is COc1ccc(CN(c2ccc(N)cc2)c2nc(C(=O)NS(C)(=O)=O)c(C)s2)nc1. The van der Waals surface area contributed by atoms with Crippen LogP contribution in [0.5, 0.6) is 5.75 Å². The molecule has 2 aromatic heterocycles. The molecule has 3 aromatic rings. The van der Waals surface area contributed by atoms with Crippen molar-refractivity contribution in [2.75, 3.05) is 24.0 Å². The van der Waals surface area contributed by atoms with E-state index in [2.05, 4.69) is 9.97 Å². The van der Waals surface area contributed by atoms with Gasteiger partial charge in [-0.25, -0.2) is 18.1 Å². The van der Waals surface area contributed by atoms with E-state index in [1.54, 1.807) is 32.4 Å². The molecule has 11 heteroatoms. The monoisotopic (exact) mass is 447 g/mol. The third-order valence-electron chi connectivity index (χ3n) is 4.07. The number of rotatable bonds is 7. The molecule has 1 amide bonds. The lowest BCUT2D eigenvalue weighted by Gasteiger charge is -2.22. The summed E-state index contributed by atoms with van der Waals surface area (Å²) in [6.07, 6.45) is 2.54. The number of nitrogens with two attached hydrogens (primary N) is 1. The number of carbonyl (C=O) groups excluding carboxylic acids is 1. The molecule has 0 atom stereocenters. The maximum atomic E-state index is 12.3. The van der Waals surface area contributed by atoms with Gasteiger partial charge in [0.1, 0.15) is 11.4 Å². The number of sulfonamides is 1. The molecule has 0 aliphatic heterocycles. The number of ether oxygens (including phenoxy) is 1. The van der Waals surface area contributed by atoms with Crippen molar-refractivity contribution in [2.24, 2.45) is 0 Å². The second-order valence-corrected chi connectivity index (χ2v) is 9.40. The van der Waals surface area contributed by atoms with Gasteiger partial charge < -0.3 is 15.4 Å². The highest BCUT2D eigenvalue weighted by atomic mass is 32.2. The van der Waals surface area contributed by atoms with Gasteiger partial charge in [-0.05, 0) is 43.3 Å². The normalized spacial score (nSPS) is 11.2. The van der Waals surface area contributed by atoms with E-state index in [1.165, 1.54) is 11.3 Å². The molecule has 3 N–H and O–H groups in total. The number of benzene rings is 1. The molecule has 158 valence electrons. The number of nitrogens with zero attached hydrogens (tertiary/aromatic N) is 3. The van der Waals surface area contributed by atoms with E-state index in [4.69, 9.17) is 10.5 Å². The predicted molar refractivity (Wildman–Crippen MR) is 117 cm³/mol. The van der Waals surface area contributed by atoms with Crippen molar-refractivity contribution in [1.29, 1.82) is 0 Å². The number of thiazole rings is 1. The Morgan fingerprint density at radius 3 is 2.50 bits per heavy atom. The topological polar surface area (TPSA) is 128 Å². The molecule has 0 aliphatic rings. The van der Waals surface area contributed by atoms with E-state index in [-0.39, 0.29) is 5.69 Å². The zero-order chi connectivity index (χ0) is 21.9. The Bertz CT molecular complexity index is 1140. The molecule has 0 saturated heterocycles. The van der Waals surface area contributed by atoms with Crippen LogP contribution in [-0.4, -0.2) is 37.7 Å². The lowest BCUT2D eigenvalue weighted by molar-refractivity contribution is 0.0977. The van der Waals surface area contributed by atoms with E-state index >= 15 is 0 Å². The van der Waals surface area contributed by atoms with Gasteiger partial charge in [-0.2, -0.15) is 0 Å². The van der Waals surface area contributed by atoms with Crippen LogP contribution >= 0.6 is 11.3 Å². The van der Waals surface area contributed by atoms with E-state index in [0.29, 0.717) is 28.0 Å². The van der Waals surface area contributed by atoms with Gasteiger partial charge in [-0.15, -0.1) is 11.3 Å². The van der Waals surface area contributed by atoms with Crippen molar-refractivity contribution in [3.63, 3.8) is 0 Å². The first-order chi connectivity index (χ1) is 14.2. The van der Waals surface area contributed by atoms with Crippen LogP contribution in [-0.2, 0) is 16.6 Å². The summed E-state index contributed by atoms with van der Waals surface area (Å²) in [6, 6.07) is 10.9. The van der Waals surface area contributed by atoms with Crippen molar-refractivity contribution >= 4 is 43.8 Å². The molecular weight excluding hydrogens is 426 g/mol. The summed E-state index contributed by atoms with van der Waals surface area (Å²) in [5.41, 5.74) is 8.03. The van der Waals surface area contributed by atoms with Crippen molar-refractivity contribution in [2.45, 2.75) is 13.5 Å². The molecular formula is C19H21N5O4S2. The Labute approximate surface area is 178 Å². The first-order valence-electron chi connectivity index (χ1n) is 8.78. The molecule has 9 nitrogen and oxygen atoms in total. The lowest BCUT2D eigenvalue weighted by Crippen LogP contribution is -2.30. The number of nitrogens with one attached hydrogen (secondary N) is 1. The summed E-state index contributed by atoms with van der Waals surface area (Å²) in [5, 5.41) is 0.522. The highest BCUT2D eigenvalue weighted by Gasteiger charge is 2.22. The zero-order valence-corrected chi connectivity index (χ0v) is 18.3. The Morgan fingerprint density at radius 2 is 1.93 bits per heavy atom. The molecule has 0 aliphatic carbocycles. The fourth-order valence-corrected chi connectivity index (χ4v) is 4.00. The number of amides is 1. The van der Waals surface area contributed by atoms with E-state index in [1.807, 2.05) is 33.9 Å². The molecule has 0 fully saturated rings. The largest absolute Gasteiger partial charge is 0.495 e. The number of aromatic nitrogens is 2. The molecule has 3 rings (SSSR count). The molecule has 0 saturated carbocycles. The molecule has 0 radical (unpaired) electrons. The van der Waals surface area contributed by atoms with Crippen LogP contribution in [0.15, 0.2) is 42.6 Å². The third-order valence-corrected chi connectivity index (χ3v) is 5.62. The minimum absolute atomic E-state index is 0.0589. The fraction of sp³-hybridized carbons (Fsp3) is 0.211. The quantitative estimate of drug-likeness (QED) is 0.529. The van der Waals surface area contributed by atoms with Gasteiger partial charge in [0, 0.05) is 16.3 Å². The van der Waals surface area contributed by atoms with Gasteiger partial charge in [0.25, 0.3) is 5.91 Å². The molecule has 0 bridgehead atoms. The first-order valence-corrected chi connectivity index (χ1v) is 11.5. The minimum atomic E-state index is -3.70. The number of aryl methyl sites for hydroxylation is 1. The summed E-state index contributed by atoms with van der Waals surface area (Å²) in [7, 11) is -2.13. The molecule has 0 spiro atoms. The summed E-state index contributed by atoms with van der Waals surface area (Å²) >= 11 is 1.28. The molecule has 1 aromatic carbocycles. The number of nitrogen functional groups attached to an aromatic ring is 1. The van der Waals surface area contributed by atoms with Gasteiger partial charge >= 0.3 is 0 Å². The van der Waals surface area contributed by atoms with E-state index < -0.39 is 15.9 Å². The number of hydrogen-bond acceptors (Lipinski definition) is 9. The summed E-state index contributed by atoms with van der Waals surface area (Å²) in [6.45, 7) is 2.08. The Hall–Kier alpha value is -3.18. The molecule has 30 heavy (non-hydrogen) atoms. The van der Waals surface area contributed by atoms with Crippen LogP contribution < -0.4 is 20.1 Å². The predicted octanol–water partition coefficient (Wildman–Crippen LogP) is 2.47. The molecule has 2 heterocycles. The minimum Gasteiger partial charge on any atom is -0.495 e. The van der Waals surface area contributed by atoms with E-state index in [0.717, 1.165) is 17.6 Å². The number of methoxy groups -OCH3 is 1. The maximum absolute atomic E-state index is 12.3. The summed E-state index contributed by atoms with van der Waals surface area (Å²) in [5.74, 6) is -0.125. The number of hydrogen-bond donors (Lipinski definition) is 2. The first kappa shape index (κ1) is 21.5. The van der Waals surface area contributed by atoms with Crippen LogP contribution in [0.4, 0.5) is 16.5 Å². The fourth-order valence-electron chi connectivity index (χ4n) is 2.64. The van der Waals surface area contributed by atoms with Crippen molar-refractivity contribution in [3.8, 4) is 5.75 Å². The van der Waals surface area contributed by atoms with Crippen molar-refractivity contribution in [1.82, 2.24) is 14.7 Å². The second-order valence-electron chi connectivity index (χ2n) is 6.47. The average Bonchev–Trinajstić information content (AvgIpc) is 3.08. The average molecular weight is 448 g/mol. The standard InChI is InChI=1S/C19H21N5O4S2/c1-12-17(18(25)23-30(3,26)27)22-19(29-12)24(15-7-4-13(20)5-8-15)11-14-6-9-16(28-2)10-21-14/h4-10H,11,20H2,1-3H3,(H,23,25). The van der Waals surface area contributed by atoms with Gasteiger partial charge in [0.2, 0.25) is 10.0 Å². The summed E-state index contributed by atoms with van der Waals surface area (Å²) in [4.78, 5) is 23.6. The second kappa shape index (κ2) is 8.67. The highest BCUT2D eigenvalue weighted by Crippen LogP contribution is 2.33. The van der Waals surface area contributed by atoms with Crippen LogP contribution in [0.1, 0.15) is 21.1 Å².